The fourth-order valence-corrected chi connectivity index (χ4v) is 1.14. The van der Waals surface area contributed by atoms with Crippen LogP contribution >= 0.6 is 0 Å². The quantitative estimate of drug-likeness (QED) is 0.519. The van der Waals surface area contributed by atoms with Crippen molar-refractivity contribution in [3.8, 4) is 0 Å². The summed E-state index contributed by atoms with van der Waals surface area (Å²) in [5, 5.41) is 0. The summed E-state index contributed by atoms with van der Waals surface area (Å²) in [5.74, 6) is 0. The molecule has 0 fully saturated rings. The van der Waals surface area contributed by atoms with E-state index in [4.69, 9.17) is 7.85 Å². The molecule has 0 unspecified atom stereocenters. The Hall–Kier alpha value is -1.14. The van der Waals surface area contributed by atoms with Crippen LogP contribution in [0, 0.1) is 0 Å². The second kappa shape index (κ2) is 4.03. The lowest BCUT2D eigenvalue weighted by Gasteiger charge is -2.13. The number of benzene rings is 1. The van der Waals surface area contributed by atoms with Crippen LogP contribution in [0.3, 0.4) is 0 Å². The van der Waals surface area contributed by atoms with Crippen LogP contribution in [-0.4, -0.2) is 7.85 Å². The first-order chi connectivity index (χ1) is 7.14. The molecule has 0 spiro atoms. The van der Waals surface area contributed by atoms with Crippen LogP contribution in [0.2, 0.25) is 0 Å². The largest absolute Gasteiger partial charge is 0.416 e. The van der Waals surface area contributed by atoms with E-state index < -0.39 is 23.5 Å². The average molecular weight is 238 g/mol. The van der Waals surface area contributed by atoms with Crippen molar-refractivity contribution in [2.45, 2.75) is 18.7 Å². The van der Waals surface area contributed by atoms with Crippen molar-refractivity contribution in [1.82, 2.24) is 0 Å². The summed E-state index contributed by atoms with van der Waals surface area (Å²) in [6, 6.07) is 1.28. The smallest absolute Gasteiger partial charge is 0.166 e. The minimum Gasteiger partial charge on any atom is -0.166 e. The van der Waals surface area contributed by atoms with Crippen LogP contribution in [0.15, 0.2) is 18.2 Å². The Balaban J connectivity index is 3.33. The Labute approximate surface area is 88.7 Å². The molecule has 0 aliphatic heterocycles. The molecule has 16 heavy (non-hydrogen) atoms. The van der Waals surface area contributed by atoms with Crippen LogP contribution < -0.4 is 0 Å². The van der Waals surface area contributed by atoms with Gasteiger partial charge >= 0.3 is 12.4 Å². The van der Waals surface area contributed by atoms with Gasteiger partial charge in [0.05, 0.1) is 19.0 Å². The van der Waals surface area contributed by atoms with E-state index in [0.29, 0.717) is 12.1 Å². The number of halogens is 6. The molecule has 86 valence electrons. The van der Waals surface area contributed by atoms with Gasteiger partial charge in [-0.3, -0.25) is 0 Å². The molecule has 1 rings (SSSR count). The van der Waals surface area contributed by atoms with Gasteiger partial charge in [0.15, 0.2) is 0 Å². The van der Waals surface area contributed by atoms with Crippen molar-refractivity contribution in [3.05, 3.63) is 34.9 Å². The summed E-state index contributed by atoms with van der Waals surface area (Å²) < 4.78 is 73.6. The first kappa shape index (κ1) is 12.9. The number of hydrogen-bond acceptors (Lipinski definition) is 0. The fraction of sp³-hybridized carbons (Fsp3) is 0.333. The standard InChI is InChI=1S/C9H5BF6/c10-4-5-1-6(8(11,12)13)3-7(2-5)9(14,15)16/h1-3H,4H2. The summed E-state index contributed by atoms with van der Waals surface area (Å²) in [4.78, 5) is 0. The average Bonchev–Trinajstić information content (AvgIpc) is 2.14. The molecule has 1 aromatic carbocycles. The summed E-state index contributed by atoms with van der Waals surface area (Å²) in [6.07, 6.45) is -10.0. The number of hydrogen-bond donors (Lipinski definition) is 0. The van der Waals surface area contributed by atoms with Gasteiger partial charge in [-0.15, -0.1) is 0 Å². The van der Waals surface area contributed by atoms with Crippen LogP contribution in [0.1, 0.15) is 16.7 Å². The Morgan fingerprint density at radius 2 is 1.19 bits per heavy atom. The first-order valence-electron chi connectivity index (χ1n) is 4.13. The van der Waals surface area contributed by atoms with Gasteiger partial charge in [-0.25, -0.2) is 0 Å². The molecule has 0 atom stereocenters. The van der Waals surface area contributed by atoms with Crippen LogP contribution in [0.5, 0.6) is 0 Å². The van der Waals surface area contributed by atoms with E-state index in [-0.39, 0.29) is 17.9 Å². The highest BCUT2D eigenvalue weighted by atomic mass is 19.4. The van der Waals surface area contributed by atoms with Crippen molar-refractivity contribution in [2.24, 2.45) is 0 Å². The van der Waals surface area contributed by atoms with Gasteiger partial charge in [-0.2, -0.15) is 26.3 Å². The topological polar surface area (TPSA) is 0 Å². The molecule has 0 saturated heterocycles. The third-order valence-electron chi connectivity index (χ3n) is 1.88. The van der Waals surface area contributed by atoms with Gasteiger partial charge in [-0.1, -0.05) is 11.9 Å². The molecular formula is C9H5BF6. The van der Waals surface area contributed by atoms with E-state index in [1.54, 1.807) is 0 Å². The molecule has 0 aliphatic rings. The lowest BCUT2D eigenvalue weighted by atomic mass is 9.93. The van der Waals surface area contributed by atoms with Gasteiger partial charge in [-0.05, 0) is 18.2 Å². The lowest BCUT2D eigenvalue weighted by Crippen LogP contribution is -2.11. The summed E-state index contributed by atoms with van der Waals surface area (Å²) in [6.45, 7) is 0. The van der Waals surface area contributed by atoms with Gasteiger partial charge in [0.1, 0.15) is 0 Å². The molecule has 0 aromatic heterocycles. The molecule has 0 amide bonds. The van der Waals surface area contributed by atoms with Crippen LogP contribution in [-0.2, 0) is 18.7 Å². The van der Waals surface area contributed by atoms with Crippen molar-refractivity contribution < 1.29 is 26.3 Å². The Bertz CT molecular complexity index is 346. The molecular weight excluding hydrogens is 233 g/mol. The van der Waals surface area contributed by atoms with Crippen molar-refractivity contribution in [3.63, 3.8) is 0 Å². The van der Waals surface area contributed by atoms with E-state index >= 15 is 0 Å². The molecule has 1 aromatic rings. The predicted molar refractivity (Wildman–Crippen MR) is 45.9 cm³/mol. The van der Waals surface area contributed by atoms with Gasteiger partial charge in [0.25, 0.3) is 0 Å². The molecule has 0 nitrogen and oxygen atoms in total. The molecule has 0 N–H and O–H groups in total. The van der Waals surface area contributed by atoms with Crippen molar-refractivity contribution >= 4 is 7.85 Å². The normalized spacial score (nSPS) is 12.9. The molecule has 0 saturated carbocycles. The van der Waals surface area contributed by atoms with Crippen LogP contribution in [0.25, 0.3) is 0 Å². The first-order valence-corrected chi connectivity index (χ1v) is 4.13. The molecule has 2 radical (unpaired) electrons. The predicted octanol–water partition coefficient (Wildman–Crippen LogP) is 3.39. The van der Waals surface area contributed by atoms with Gasteiger partial charge in [0.2, 0.25) is 0 Å². The lowest BCUT2D eigenvalue weighted by molar-refractivity contribution is -0.143. The third kappa shape index (κ3) is 2.93. The molecule has 7 heteroatoms. The highest BCUT2D eigenvalue weighted by molar-refractivity contribution is 6.08. The van der Waals surface area contributed by atoms with Crippen LogP contribution in [0.4, 0.5) is 26.3 Å². The highest BCUT2D eigenvalue weighted by Crippen LogP contribution is 2.36. The zero-order valence-corrected chi connectivity index (χ0v) is 7.78. The second-order valence-corrected chi connectivity index (χ2v) is 3.12. The Morgan fingerprint density at radius 3 is 1.44 bits per heavy atom. The van der Waals surface area contributed by atoms with E-state index in [9.17, 15) is 26.3 Å². The molecule has 0 bridgehead atoms. The number of rotatable bonds is 1. The monoisotopic (exact) mass is 238 g/mol. The maximum atomic E-state index is 12.3. The maximum Gasteiger partial charge on any atom is 0.416 e. The Kier molecular flexibility index (Phi) is 3.26. The van der Waals surface area contributed by atoms with E-state index in [1.165, 1.54) is 0 Å². The summed E-state index contributed by atoms with van der Waals surface area (Å²) in [7, 11) is 5.04. The van der Waals surface area contributed by atoms with E-state index in [2.05, 4.69) is 0 Å². The van der Waals surface area contributed by atoms with Crippen molar-refractivity contribution in [1.29, 1.82) is 0 Å². The summed E-state index contributed by atoms with van der Waals surface area (Å²) >= 11 is 0. The number of alkyl halides is 6. The minimum absolute atomic E-state index is 0.0686. The maximum absolute atomic E-state index is 12.3. The zero-order chi connectivity index (χ0) is 12.6. The highest BCUT2D eigenvalue weighted by Gasteiger charge is 2.36. The Morgan fingerprint density at radius 1 is 0.812 bits per heavy atom. The van der Waals surface area contributed by atoms with E-state index in [1.807, 2.05) is 0 Å². The van der Waals surface area contributed by atoms with E-state index in [0.717, 1.165) is 0 Å². The molecule has 0 aliphatic carbocycles. The second-order valence-electron chi connectivity index (χ2n) is 3.12. The van der Waals surface area contributed by atoms with Gasteiger partial charge in [0, 0.05) is 0 Å². The van der Waals surface area contributed by atoms with Gasteiger partial charge < -0.3 is 0 Å². The minimum atomic E-state index is -4.81. The summed E-state index contributed by atoms with van der Waals surface area (Å²) in [5.41, 5.74) is -2.90. The fourth-order valence-electron chi connectivity index (χ4n) is 1.14. The third-order valence-corrected chi connectivity index (χ3v) is 1.88. The molecule has 0 heterocycles. The zero-order valence-electron chi connectivity index (χ0n) is 7.78. The van der Waals surface area contributed by atoms with Crippen molar-refractivity contribution in [2.75, 3.05) is 0 Å². The SMILES string of the molecule is [B]Cc1cc(C(F)(F)F)cc(C(F)(F)F)c1.